The number of rotatable bonds is 4. The first kappa shape index (κ1) is 12.9. The van der Waals surface area contributed by atoms with E-state index in [1.165, 1.54) is 0 Å². The van der Waals surface area contributed by atoms with Gasteiger partial charge in [0.25, 0.3) is 0 Å². The van der Waals surface area contributed by atoms with E-state index in [4.69, 9.17) is 4.74 Å². The molecule has 1 aromatic rings. The molecule has 0 aromatic heterocycles. The Morgan fingerprint density at radius 3 is 2.72 bits per heavy atom. The summed E-state index contributed by atoms with van der Waals surface area (Å²) in [6, 6.07) is 8.07. The third-order valence-electron chi connectivity index (χ3n) is 3.26. The first-order valence-electron chi connectivity index (χ1n) is 6.54. The maximum absolute atomic E-state index is 11.4. The van der Waals surface area contributed by atoms with Gasteiger partial charge in [-0.25, -0.2) is 0 Å². The summed E-state index contributed by atoms with van der Waals surface area (Å²) < 4.78 is 5.81. The lowest BCUT2D eigenvalue weighted by Crippen LogP contribution is -2.40. The van der Waals surface area contributed by atoms with Crippen molar-refractivity contribution in [1.29, 1.82) is 0 Å². The zero-order valence-electron chi connectivity index (χ0n) is 11.3. The molecule has 1 N–H and O–H groups in total. The SMILES string of the molecule is CC(C)Oc1ccccc1CC1(C)CCC(=O)N1. The first-order chi connectivity index (χ1) is 8.48. The summed E-state index contributed by atoms with van der Waals surface area (Å²) >= 11 is 0. The number of hydrogen-bond donors (Lipinski definition) is 1. The van der Waals surface area contributed by atoms with Crippen LogP contribution in [0, 0.1) is 0 Å². The molecule has 1 aliphatic heterocycles. The molecule has 1 heterocycles. The molecule has 1 fully saturated rings. The van der Waals surface area contributed by atoms with Crippen molar-refractivity contribution in [3.05, 3.63) is 29.8 Å². The Labute approximate surface area is 109 Å². The lowest BCUT2D eigenvalue weighted by atomic mass is 9.91. The summed E-state index contributed by atoms with van der Waals surface area (Å²) in [5.41, 5.74) is 1.03. The molecule has 0 bridgehead atoms. The van der Waals surface area contributed by atoms with Crippen LogP contribution >= 0.6 is 0 Å². The van der Waals surface area contributed by atoms with Crippen molar-refractivity contribution in [3.8, 4) is 5.75 Å². The average Bonchev–Trinajstić information content (AvgIpc) is 2.61. The summed E-state index contributed by atoms with van der Waals surface area (Å²) in [6.45, 7) is 6.15. The van der Waals surface area contributed by atoms with Crippen molar-refractivity contribution >= 4 is 5.91 Å². The Balaban J connectivity index is 2.16. The Morgan fingerprint density at radius 1 is 1.39 bits per heavy atom. The second-order valence-electron chi connectivity index (χ2n) is 5.56. The summed E-state index contributed by atoms with van der Waals surface area (Å²) in [7, 11) is 0. The van der Waals surface area contributed by atoms with Gasteiger partial charge in [-0.3, -0.25) is 4.79 Å². The van der Waals surface area contributed by atoms with Crippen molar-refractivity contribution in [2.45, 2.75) is 51.7 Å². The Bertz CT molecular complexity index is 442. The molecule has 3 heteroatoms. The van der Waals surface area contributed by atoms with Crippen LogP contribution in [-0.4, -0.2) is 17.6 Å². The lowest BCUT2D eigenvalue weighted by Gasteiger charge is -2.25. The van der Waals surface area contributed by atoms with E-state index in [-0.39, 0.29) is 17.6 Å². The van der Waals surface area contributed by atoms with Crippen LogP contribution in [0.25, 0.3) is 0 Å². The van der Waals surface area contributed by atoms with Crippen LogP contribution in [0.15, 0.2) is 24.3 Å². The lowest BCUT2D eigenvalue weighted by molar-refractivity contribution is -0.119. The number of amides is 1. The van der Waals surface area contributed by atoms with Gasteiger partial charge in [0.05, 0.1) is 6.10 Å². The molecule has 0 radical (unpaired) electrons. The molecular weight excluding hydrogens is 226 g/mol. The third kappa shape index (κ3) is 3.03. The van der Waals surface area contributed by atoms with Crippen LogP contribution in [0.3, 0.4) is 0 Å². The molecule has 18 heavy (non-hydrogen) atoms. The monoisotopic (exact) mass is 247 g/mol. The van der Waals surface area contributed by atoms with E-state index in [9.17, 15) is 4.79 Å². The highest BCUT2D eigenvalue weighted by atomic mass is 16.5. The number of para-hydroxylation sites is 1. The van der Waals surface area contributed by atoms with Gasteiger partial charge in [0.15, 0.2) is 0 Å². The number of hydrogen-bond acceptors (Lipinski definition) is 2. The molecule has 1 saturated heterocycles. The van der Waals surface area contributed by atoms with Gasteiger partial charge in [-0.1, -0.05) is 18.2 Å². The number of ether oxygens (including phenoxy) is 1. The van der Waals surface area contributed by atoms with E-state index >= 15 is 0 Å². The van der Waals surface area contributed by atoms with Crippen molar-refractivity contribution in [2.75, 3.05) is 0 Å². The predicted molar refractivity (Wildman–Crippen MR) is 71.7 cm³/mol. The summed E-state index contributed by atoms with van der Waals surface area (Å²) in [4.78, 5) is 11.4. The van der Waals surface area contributed by atoms with Gasteiger partial charge >= 0.3 is 0 Å². The quantitative estimate of drug-likeness (QED) is 0.888. The van der Waals surface area contributed by atoms with Gasteiger partial charge in [-0.15, -0.1) is 0 Å². The molecule has 1 aliphatic rings. The Kier molecular flexibility index (Phi) is 3.60. The molecule has 0 spiro atoms. The fraction of sp³-hybridized carbons (Fsp3) is 0.533. The van der Waals surface area contributed by atoms with Crippen molar-refractivity contribution in [1.82, 2.24) is 5.32 Å². The second kappa shape index (κ2) is 5.01. The number of nitrogens with one attached hydrogen (secondary N) is 1. The number of carbonyl (C=O) groups is 1. The van der Waals surface area contributed by atoms with Gasteiger partial charge in [0, 0.05) is 12.0 Å². The molecule has 98 valence electrons. The van der Waals surface area contributed by atoms with Crippen LogP contribution in [0.5, 0.6) is 5.75 Å². The number of carbonyl (C=O) groups excluding carboxylic acids is 1. The van der Waals surface area contributed by atoms with E-state index in [0.717, 1.165) is 24.2 Å². The van der Waals surface area contributed by atoms with Gasteiger partial charge in [0.2, 0.25) is 5.91 Å². The van der Waals surface area contributed by atoms with Crippen LogP contribution in [-0.2, 0) is 11.2 Å². The molecule has 1 atom stereocenters. The molecular formula is C15H21NO2. The minimum Gasteiger partial charge on any atom is -0.491 e. The second-order valence-corrected chi connectivity index (χ2v) is 5.56. The van der Waals surface area contributed by atoms with E-state index < -0.39 is 0 Å². The largest absolute Gasteiger partial charge is 0.491 e. The number of benzene rings is 1. The zero-order valence-corrected chi connectivity index (χ0v) is 11.3. The van der Waals surface area contributed by atoms with Crippen molar-refractivity contribution in [2.24, 2.45) is 0 Å². The Hall–Kier alpha value is -1.51. The topological polar surface area (TPSA) is 38.3 Å². The molecule has 1 unspecified atom stereocenters. The smallest absolute Gasteiger partial charge is 0.220 e. The molecule has 0 aliphatic carbocycles. The van der Waals surface area contributed by atoms with Crippen molar-refractivity contribution < 1.29 is 9.53 Å². The summed E-state index contributed by atoms with van der Waals surface area (Å²) in [5, 5.41) is 3.06. The highest BCUT2D eigenvalue weighted by Crippen LogP contribution is 2.29. The molecule has 2 rings (SSSR count). The molecule has 3 nitrogen and oxygen atoms in total. The molecule has 1 aromatic carbocycles. The fourth-order valence-corrected chi connectivity index (χ4v) is 2.42. The summed E-state index contributed by atoms with van der Waals surface area (Å²) in [5.74, 6) is 1.08. The average molecular weight is 247 g/mol. The van der Waals surface area contributed by atoms with Crippen LogP contribution in [0.2, 0.25) is 0 Å². The van der Waals surface area contributed by atoms with Crippen LogP contribution < -0.4 is 10.1 Å². The van der Waals surface area contributed by atoms with E-state index in [0.29, 0.717) is 6.42 Å². The van der Waals surface area contributed by atoms with Gasteiger partial charge in [-0.2, -0.15) is 0 Å². The van der Waals surface area contributed by atoms with E-state index in [1.54, 1.807) is 0 Å². The minimum atomic E-state index is -0.131. The maximum Gasteiger partial charge on any atom is 0.220 e. The van der Waals surface area contributed by atoms with Gasteiger partial charge < -0.3 is 10.1 Å². The van der Waals surface area contributed by atoms with E-state index in [1.807, 2.05) is 32.0 Å². The highest BCUT2D eigenvalue weighted by Gasteiger charge is 2.33. The highest BCUT2D eigenvalue weighted by molar-refractivity contribution is 5.79. The van der Waals surface area contributed by atoms with Gasteiger partial charge in [0.1, 0.15) is 5.75 Å². The Morgan fingerprint density at radius 2 is 2.11 bits per heavy atom. The standard InChI is InChI=1S/C15H21NO2/c1-11(2)18-13-7-5-4-6-12(13)10-15(3)9-8-14(17)16-15/h4-7,11H,8-10H2,1-3H3,(H,16,17). The first-order valence-corrected chi connectivity index (χ1v) is 6.54. The fourth-order valence-electron chi connectivity index (χ4n) is 2.42. The normalized spacial score (nSPS) is 23.2. The predicted octanol–water partition coefficient (Wildman–Crippen LogP) is 2.69. The van der Waals surface area contributed by atoms with E-state index in [2.05, 4.69) is 18.3 Å². The maximum atomic E-state index is 11.4. The zero-order chi connectivity index (χ0) is 13.2. The van der Waals surface area contributed by atoms with Gasteiger partial charge in [-0.05, 0) is 45.2 Å². The molecule has 1 amide bonds. The minimum absolute atomic E-state index is 0.131. The third-order valence-corrected chi connectivity index (χ3v) is 3.26. The van der Waals surface area contributed by atoms with Crippen molar-refractivity contribution in [3.63, 3.8) is 0 Å². The van der Waals surface area contributed by atoms with Crippen LogP contribution in [0.4, 0.5) is 0 Å². The summed E-state index contributed by atoms with van der Waals surface area (Å²) in [6.07, 6.45) is 2.50. The van der Waals surface area contributed by atoms with Crippen LogP contribution in [0.1, 0.15) is 39.2 Å². The molecule has 0 saturated carbocycles.